The Hall–Kier alpha value is -1.99. The van der Waals surface area contributed by atoms with Crippen molar-refractivity contribution in [1.82, 2.24) is 4.98 Å². The lowest BCUT2D eigenvalue weighted by Gasteiger charge is -2.10. The smallest absolute Gasteiger partial charge is 0.330 e. The van der Waals surface area contributed by atoms with Crippen molar-refractivity contribution >= 4 is 33.2 Å². The SMILES string of the molecule is CC[C@@H](/N=C(\C)c1nc2ccc(OC)cc2s1)C(=O)OCCO. The van der Waals surface area contributed by atoms with Crippen LogP contribution in [0.4, 0.5) is 0 Å². The summed E-state index contributed by atoms with van der Waals surface area (Å²) < 4.78 is 11.2. The minimum Gasteiger partial charge on any atom is -0.497 e. The van der Waals surface area contributed by atoms with Gasteiger partial charge in [0.15, 0.2) is 0 Å². The van der Waals surface area contributed by atoms with Crippen molar-refractivity contribution in [3.05, 3.63) is 23.2 Å². The van der Waals surface area contributed by atoms with Crippen molar-refractivity contribution in [2.24, 2.45) is 4.99 Å². The first kappa shape index (κ1) is 17.4. The number of esters is 1. The van der Waals surface area contributed by atoms with Gasteiger partial charge in [0.05, 0.1) is 29.6 Å². The van der Waals surface area contributed by atoms with E-state index >= 15 is 0 Å². The Morgan fingerprint density at radius 1 is 1.48 bits per heavy atom. The number of fused-ring (bicyclic) bond motifs is 1. The standard InChI is InChI=1S/C16H20N2O4S/c1-4-12(16(20)22-8-7-19)17-10(2)15-18-13-6-5-11(21-3)9-14(13)23-15/h5-6,9,12,19H,4,7-8H2,1-3H3/b17-10+/t12-/m1/s1. The number of thiazole rings is 1. The Bertz CT molecular complexity index is 711. The lowest BCUT2D eigenvalue weighted by Crippen LogP contribution is -2.23. The van der Waals surface area contributed by atoms with Crippen LogP contribution in [0.1, 0.15) is 25.3 Å². The first-order valence-electron chi connectivity index (χ1n) is 7.35. The lowest BCUT2D eigenvalue weighted by atomic mass is 10.2. The molecule has 0 radical (unpaired) electrons. The molecule has 0 saturated carbocycles. The van der Waals surface area contributed by atoms with E-state index in [-0.39, 0.29) is 13.2 Å². The number of nitrogens with zero attached hydrogens (tertiary/aromatic N) is 2. The molecule has 0 fully saturated rings. The second-order valence-electron chi connectivity index (χ2n) is 4.88. The average molecular weight is 336 g/mol. The van der Waals surface area contributed by atoms with Gasteiger partial charge in [0.2, 0.25) is 0 Å². The molecule has 0 spiro atoms. The number of methoxy groups -OCH3 is 1. The molecule has 0 aliphatic rings. The fourth-order valence-electron chi connectivity index (χ4n) is 2.03. The summed E-state index contributed by atoms with van der Waals surface area (Å²) >= 11 is 1.50. The van der Waals surface area contributed by atoms with Crippen molar-refractivity contribution in [3.8, 4) is 5.75 Å². The quantitative estimate of drug-likeness (QED) is 0.620. The topological polar surface area (TPSA) is 81.0 Å². The van der Waals surface area contributed by atoms with E-state index in [1.165, 1.54) is 11.3 Å². The molecule has 0 unspecified atom stereocenters. The first-order chi connectivity index (χ1) is 11.1. The number of aliphatic hydroxyl groups is 1. The number of rotatable bonds is 7. The predicted octanol–water partition coefficient (Wildman–Crippen LogP) is 2.43. The fraction of sp³-hybridized carbons (Fsp3) is 0.438. The Balaban J connectivity index is 2.23. The van der Waals surface area contributed by atoms with E-state index in [1.807, 2.05) is 32.0 Å². The van der Waals surface area contributed by atoms with Gasteiger partial charge in [-0.25, -0.2) is 9.78 Å². The number of ether oxygens (including phenoxy) is 2. The van der Waals surface area contributed by atoms with Crippen molar-refractivity contribution in [2.75, 3.05) is 20.3 Å². The monoisotopic (exact) mass is 336 g/mol. The van der Waals surface area contributed by atoms with E-state index in [1.54, 1.807) is 7.11 Å². The number of aliphatic imine (C=N–C) groups is 1. The molecule has 1 atom stereocenters. The highest BCUT2D eigenvalue weighted by Crippen LogP contribution is 2.26. The molecule has 0 bridgehead atoms. The summed E-state index contributed by atoms with van der Waals surface area (Å²) in [6.07, 6.45) is 0.528. The normalized spacial score (nSPS) is 13.1. The molecule has 1 aromatic carbocycles. The van der Waals surface area contributed by atoms with Gasteiger partial charge in [0.1, 0.15) is 23.4 Å². The van der Waals surface area contributed by atoms with Gasteiger partial charge in [0.25, 0.3) is 0 Å². The molecule has 1 N–H and O–H groups in total. The highest BCUT2D eigenvalue weighted by molar-refractivity contribution is 7.20. The molecule has 6 nitrogen and oxygen atoms in total. The third kappa shape index (κ3) is 4.27. The summed E-state index contributed by atoms with van der Waals surface area (Å²) in [7, 11) is 1.62. The maximum Gasteiger partial charge on any atom is 0.330 e. The Morgan fingerprint density at radius 3 is 2.91 bits per heavy atom. The molecule has 23 heavy (non-hydrogen) atoms. The third-order valence-electron chi connectivity index (χ3n) is 3.25. The van der Waals surface area contributed by atoms with Gasteiger partial charge in [-0.05, 0) is 31.5 Å². The van der Waals surface area contributed by atoms with Crippen LogP contribution in [0.3, 0.4) is 0 Å². The van der Waals surface area contributed by atoms with Crippen molar-refractivity contribution < 1.29 is 19.4 Å². The Morgan fingerprint density at radius 2 is 2.26 bits per heavy atom. The van der Waals surface area contributed by atoms with Crippen LogP contribution in [0.5, 0.6) is 5.75 Å². The van der Waals surface area contributed by atoms with E-state index in [2.05, 4.69) is 9.98 Å². The third-order valence-corrected chi connectivity index (χ3v) is 4.38. The molecule has 2 aromatic rings. The highest BCUT2D eigenvalue weighted by Gasteiger charge is 2.18. The van der Waals surface area contributed by atoms with Crippen molar-refractivity contribution in [1.29, 1.82) is 0 Å². The number of aromatic nitrogens is 1. The molecule has 2 rings (SSSR count). The van der Waals surface area contributed by atoms with Crippen LogP contribution in [0.25, 0.3) is 10.2 Å². The van der Waals surface area contributed by atoms with Crippen LogP contribution in [0.15, 0.2) is 23.2 Å². The minimum absolute atomic E-state index is 0.00909. The molecule has 124 valence electrons. The summed E-state index contributed by atoms with van der Waals surface area (Å²) in [6, 6.07) is 5.10. The summed E-state index contributed by atoms with van der Waals surface area (Å²) in [5.41, 5.74) is 1.56. The Labute approximate surface area is 138 Å². The van der Waals surface area contributed by atoms with E-state index < -0.39 is 12.0 Å². The highest BCUT2D eigenvalue weighted by atomic mass is 32.1. The molecule has 7 heteroatoms. The molecule has 0 amide bonds. The summed E-state index contributed by atoms with van der Waals surface area (Å²) in [5.74, 6) is 0.352. The maximum atomic E-state index is 11.9. The van der Waals surface area contributed by atoms with E-state index in [4.69, 9.17) is 14.6 Å². The zero-order chi connectivity index (χ0) is 16.8. The van der Waals surface area contributed by atoms with Crippen LogP contribution in [-0.2, 0) is 9.53 Å². The molecule has 0 saturated heterocycles. The molecule has 1 aromatic heterocycles. The van der Waals surface area contributed by atoms with E-state index in [0.29, 0.717) is 12.1 Å². The summed E-state index contributed by atoms with van der Waals surface area (Å²) in [6.45, 7) is 3.50. The van der Waals surface area contributed by atoms with Gasteiger partial charge in [-0.3, -0.25) is 4.99 Å². The second kappa shape index (κ2) is 8.03. The zero-order valence-electron chi connectivity index (χ0n) is 13.4. The molecular weight excluding hydrogens is 316 g/mol. The van der Waals surface area contributed by atoms with Crippen molar-refractivity contribution in [2.45, 2.75) is 26.3 Å². The van der Waals surface area contributed by atoms with Crippen LogP contribution >= 0.6 is 11.3 Å². The average Bonchev–Trinajstić information content (AvgIpc) is 3.00. The number of hydrogen-bond acceptors (Lipinski definition) is 7. The molecular formula is C16H20N2O4S. The van der Waals surface area contributed by atoms with E-state index in [0.717, 1.165) is 21.0 Å². The summed E-state index contributed by atoms with van der Waals surface area (Å²) in [4.78, 5) is 20.9. The second-order valence-corrected chi connectivity index (χ2v) is 5.91. The van der Waals surface area contributed by atoms with Crippen LogP contribution in [0.2, 0.25) is 0 Å². The lowest BCUT2D eigenvalue weighted by molar-refractivity contribution is -0.146. The number of benzene rings is 1. The number of carbonyl (C=O) groups is 1. The summed E-state index contributed by atoms with van der Waals surface area (Å²) in [5, 5.41) is 9.49. The number of aliphatic hydroxyl groups excluding tert-OH is 1. The minimum atomic E-state index is -0.580. The first-order valence-corrected chi connectivity index (χ1v) is 8.17. The van der Waals surface area contributed by atoms with Gasteiger partial charge < -0.3 is 14.6 Å². The van der Waals surface area contributed by atoms with Gasteiger partial charge >= 0.3 is 5.97 Å². The fourth-order valence-corrected chi connectivity index (χ4v) is 2.97. The van der Waals surface area contributed by atoms with E-state index in [9.17, 15) is 4.79 Å². The van der Waals surface area contributed by atoms with Gasteiger partial charge in [-0.2, -0.15) is 0 Å². The number of carbonyl (C=O) groups excluding carboxylic acids is 1. The predicted molar refractivity (Wildman–Crippen MR) is 90.5 cm³/mol. The van der Waals surface area contributed by atoms with Crippen molar-refractivity contribution in [3.63, 3.8) is 0 Å². The van der Waals surface area contributed by atoms with Crippen LogP contribution in [-0.4, -0.2) is 48.1 Å². The molecule has 1 heterocycles. The maximum absolute atomic E-state index is 11.9. The van der Waals surface area contributed by atoms with Crippen LogP contribution in [0, 0.1) is 0 Å². The largest absolute Gasteiger partial charge is 0.497 e. The molecule has 0 aliphatic heterocycles. The van der Waals surface area contributed by atoms with Gasteiger partial charge in [-0.15, -0.1) is 11.3 Å². The molecule has 0 aliphatic carbocycles. The van der Waals surface area contributed by atoms with Crippen LogP contribution < -0.4 is 4.74 Å². The number of hydrogen-bond donors (Lipinski definition) is 1. The van der Waals surface area contributed by atoms with Gasteiger partial charge in [0, 0.05) is 0 Å². The zero-order valence-corrected chi connectivity index (χ0v) is 14.2. The Kier molecular flexibility index (Phi) is 6.06. The van der Waals surface area contributed by atoms with Gasteiger partial charge in [-0.1, -0.05) is 6.92 Å².